The molecule has 0 unspecified atom stereocenters. The summed E-state index contributed by atoms with van der Waals surface area (Å²) in [6.45, 7) is 7.13. The monoisotopic (exact) mass is 259 g/mol. The number of hydrogen-bond acceptors (Lipinski definition) is 4. The molecule has 1 heterocycles. The first kappa shape index (κ1) is 14.0. The van der Waals surface area contributed by atoms with Crippen LogP contribution in [-0.2, 0) is 11.3 Å². The molecule has 1 fully saturated rings. The van der Waals surface area contributed by atoms with E-state index in [0.29, 0.717) is 0 Å². The van der Waals surface area contributed by atoms with Crippen LogP contribution < -0.4 is 0 Å². The lowest BCUT2D eigenvalue weighted by atomic mass is 10.1. The van der Waals surface area contributed by atoms with Gasteiger partial charge in [-0.3, -0.25) is 9.80 Å². The molecule has 4 heteroatoms. The maximum absolute atomic E-state index is 8.90. The Balaban J connectivity index is 1.80. The summed E-state index contributed by atoms with van der Waals surface area (Å²) in [5.41, 5.74) is 1.97. The second kappa shape index (κ2) is 7.25. The molecule has 1 aromatic rings. The Labute approximate surface area is 115 Å². The van der Waals surface area contributed by atoms with Gasteiger partial charge in [0, 0.05) is 46.4 Å². The van der Waals surface area contributed by atoms with Gasteiger partial charge in [0.1, 0.15) is 0 Å². The van der Waals surface area contributed by atoms with Gasteiger partial charge >= 0.3 is 0 Å². The Morgan fingerprint density at radius 3 is 2.63 bits per heavy atom. The summed E-state index contributed by atoms with van der Waals surface area (Å²) in [6, 6.07) is 10.1. The molecule has 0 radical (unpaired) electrons. The van der Waals surface area contributed by atoms with E-state index >= 15 is 0 Å². The van der Waals surface area contributed by atoms with E-state index in [0.717, 1.165) is 51.4 Å². The number of nitrogens with zero attached hydrogens (tertiary/aromatic N) is 3. The highest BCUT2D eigenvalue weighted by molar-refractivity contribution is 5.32. The van der Waals surface area contributed by atoms with E-state index in [1.807, 2.05) is 18.2 Å². The third-order valence-electron chi connectivity index (χ3n) is 3.54. The minimum Gasteiger partial charge on any atom is -0.383 e. The average Bonchev–Trinajstić information content (AvgIpc) is 2.47. The predicted molar refractivity (Wildman–Crippen MR) is 74.8 cm³/mol. The molecule has 2 rings (SSSR count). The van der Waals surface area contributed by atoms with E-state index in [9.17, 15) is 0 Å². The van der Waals surface area contributed by atoms with Crippen molar-refractivity contribution in [3.8, 4) is 6.07 Å². The lowest BCUT2D eigenvalue weighted by Gasteiger charge is -2.34. The lowest BCUT2D eigenvalue weighted by molar-refractivity contribution is 0.0938. The Kier molecular flexibility index (Phi) is 5.34. The van der Waals surface area contributed by atoms with E-state index in [4.69, 9.17) is 10.00 Å². The summed E-state index contributed by atoms with van der Waals surface area (Å²) in [4.78, 5) is 4.88. The molecule has 4 nitrogen and oxygen atoms in total. The summed E-state index contributed by atoms with van der Waals surface area (Å²) in [5, 5.41) is 8.90. The van der Waals surface area contributed by atoms with E-state index in [2.05, 4.69) is 21.9 Å². The summed E-state index contributed by atoms with van der Waals surface area (Å²) < 4.78 is 5.11. The second-order valence-corrected chi connectivity index (χ2v) is 4.92. The van der Waals surface area contributed by atoms with Crippen molar-refractivity contribution in [2.24, 2.45) is 0 Å². The van der Waals surface area contributed by atoms with Crippen LogP contribution in [0.5, 0.6) is 0 Å². The molecule has 0 aliphatic carbocycles. The van der Waals surface area contributed by atoms with Gasteiger partial charge in [-0.1, -0.05) is 12.1 Å². The fourth-order valence-electron chi connectivity index (χ4n) is 2.39. The number of benzene rings is 1. The molecule has 0 saturated carbocycles. The number of ether oxygens (including phenoxy) is 1. The molecule has 102 valence electrons. The number of methoxy groups -OCH3 is 1. The molecule has 0 atom stereocenters. The summed E-state index contributed by atoms with van der Waals surface area (Å²) in [5.74, 6) is 0. The van der Waals surface area contributed by atoms with Crippen molar-refractivity contribution in [3.05, 3.63) is 35.4 Å². The van der Waals surface area contributed by atoms with Crippen LogP contribution in [-0.4, -0.2) is 56.2 Å². The molecule has 0 bridgehead atoms. The third-order valence-corrected chi connectivity index (χ3v) is 3.54. The smallest absolute Gasteiger partial charge is 0.0991 e. The van der Waals surface area contributed by atoms with Crippen molar-refractivity contribution in [2.75, 3.05) is 46.4 Å². The zero-order valence-corrected chi connectivity index (χ0v) is 11.5. The average molecular weight is 259 g/mol. The topological polar surface area (TPSA) is 39.5 Å². The van der Waals surface area contributed by atoms with Gasteiger partial charge in [0.05, 0.1) is 18.2 Å². The highest BCUT2D eigenvalue weighted by Gasteiger charge is 2.16. The fourth-order valence-corrected chi connectivity index (χ4v) is 2.39. The Hall–Kier alpha value is -1.41. The molecular weight excluding hydrogens is 238 g/mol. The van der Waals surface area contributed by atoms with E-state index < -0.39 is 0 Å². The largest absolute Gasteiger partial charge is 0.383 e. The van der Waals surface area contributed by atoms with Crippen LogP contribution >= 0.6 is 0 Å². The lowest BCUT2D eigenvalue weighted by Crippen LogP contribution is -2.46. The van der Waals surface area contributed by atoms with Gasteiger partial charge in [-0.05, 0) is 17.7 Å². The third kappa shape index (κ3) is 4.32. The highest BCUT2D eigenvalue weighted by Crippen LogP contribution is 2.10. The Bertz CT molecular complexity index is 433. The van der Waals surface area contributed by atoms with E-state index in [-0.39, 0.29) is 0 Å². The molecule has 19 heavy (non-hydrogen) atoms. The van der Waals surface area contributed by atoms with Gasteiger partial charge in [0.2, 0.25) is 0 Å². The minimum atomic E-state index is 0.747. The fraction of sp³-hybridized carbons (Fsp3) is 0.533. The van der Waals surface area contributed by atoms with Crippen molar-refractivity contribution >= 4 is 0 Å². The molecule has 1 aliphatic heterocycles. The number of piperazine rings is 1. The van der Waals surface area contributed by atoms with Crippen molar-refractivity contribution in [2.45, 2.75) is 6.54 Å². The van der Waals surface area contributed by atoms with Crippen LogP contribution in [0.25, 0.3) is 0 Å². The van der Waals surface area contributed by atoms with Gasteiger partial charge in [-0.25, -0.2) is 0 Å². The molecule has 1 saturated heterocycles. The molecular formula is C15H21N3O. The molecule has 0 amide bonds. The van der Waals surface area contributed by atoms with Crippen LogP contribution in [0, 0.1) is 11.3 Å². The summed E-state index contributed by atoms with van der Waals surface area (Å²) in [6.07, 6.45) is 0. The van der Waals surface area contributed by atoms with Crippen molar-refractivity contribution < 1.29 is 4.74 Å². The van der Waals surface area contributed by atoms with Gasteiger partial charge in [-0.2, -0.15) is 5.26 Å². The Morgan fingerprint density at radius 1 is 1.21 bits per heavy atom. The first-order valence-electron chi connectivity index (χ1n) is 6.74. The standard InChI is InChI=1S/C15H21N3O/c1-19-10-9-17-5-7-18(8-6-17)13-15-4-2-3-14(11-15)12-16/h2-4,11H,5-10,13H2,1H3. The van der Waals surface area contributed by atoms with Gasteiger partial charge < -0.3 is 4.74 Å². The van der Waals surface area contributed by atoms with Crippen LogP contribution in [0.15, 0.2) is 24.3 Å². The SMILES string of the molecule is COCCN1CCN(Cc2cccc(C#N)c2)CC1. The highest BCUT2D eigenvalue weighted by atomic mass is 16.5. The molecule has 0 N–H and O–H groups in total. The molecule has 0 spiro atoms. The number of hydrogen-bond donors (Lipinski definition) is 0. The Morgan fingerprint density at radius 2 is 1.95 bits per heavy atom. The minimum absolute atomic E-state index is 0.747. The van der Waals surface area contributed by atoms with E-state index in [1.165, 1.54) is 5.56 Å². The van der Waals surface area contributed by atoms with Crippen LogP contribution in [0.2, 0.25) is 0 Å². The van der Waals surface area contributed by atoms with Gasteiger partial charge in [0.15, 0.2) is 0 Å². The molecule has 0 aromatic heterocycles. The molecule has 1 aromatic carbocycles. The second-order valence-electron chi connectivity index (χ2n) is 4.92. The van der Waals surface area contributed by atoms with Crippen LogP contribution in [0.1, 0.15) is 11.1 Å². The first-order valence-corrected chi connectivity index (χ1v) is 6.74. The maximum atomic E-state index is 8.90. The number of nitriles is 1. The van der Waals surface area contributed by atoms with Crippen molar-refractivity contribution in [1.29, 1.82) is 5.26 Å². The zero-order valence-electron chi connectivity index (χ0n) is 11.5. The quantitative estimate of drug-likeness (QED) is 0.799. The maximum Gasteiger partial charge on any atom is 0.0991 e. The zero-order chi connectivity index (χ0) is 13.5. The summed E-state index contributed by atoms with van der Waals surface area (Å²) >= 11 is 0. The van der Waals surface area contributed by atoms with Crippen LogP contribution in [0.4, 0.5) is 0 Å². The normalized spacial score (nSPS) is 17.3. The summed E-state index contributed by atoms with van der Waals surface area (Å²) in [7, 11) is 1.75. The van der Waals surface area contributed by atoms with Crippen LogP contribution in [0.3, 0.4) is 0 Å². The molecule has 1 aliphatic rings. The van der Waals surface area contributed by atoms with E-state index in [1.54, 1.807) is 7.11 Å². The van der Waals surface area contributed by atoms with Gasteiger partial charge in [0.25, 0.3) is 0 Å². The van der Waals surface area contributed by atoms with Gasteiger partial charge in [-0.15, -0.1) is 0 Å². The van der Waals surface area contributed by atoms with Crippen molar-refractivity contribution in [3.63, 3.8) is 0 Å². The predicted octanol–water partition coefficient (Wildman–Crippen LogP) is 1.32. The number of rotatable bonds is 5. The van der Waals surface area contributed by atoms with Crippen molar-refractivity contribution in [1.82, 2.24) is 9.80 Å². The first-order chi connectivity index (χ1) is 9.31.